The number of fused-ring (bicyclic) bond motifs is 1. The molecule has 0 saturated carbocycles. The van der Waals surface area contributed by atoms with E-state index in [4.69, 9.17) is 0 Å². The molecule has 0 spiro atoms. The van der Waals surface area contributed by atoms with E-state index >= 15 is 0 Å². The highest BCUT2D eigenvalue weighted by atomic mass is 15.1. The van der Waals surface area contributed by atoms with Gasteiger partial charge in [0.15, 0.2) is 0 Å². The van der Waals surface area contributed by atoms with Crippen LogP contribution in [0, 0.1) is 5.92 Å². The fourth-order valence-electron chi connectivity index (χ4n) is 2.44. The molecule has 1 unspecified atom stereocenters. The maximum atomic E-state index is 4.28. The molecule has 0 radical (unpaired) electrons. The van der Waals surface area contributed by atoms with E-state index in [1.54, 1.807) is 0 Å². The van der Waals surface area contributed by atoms with E-state index in [0.717, 1.165) is 30.5 Å². The second-order valence-corrected chi connectivity index (χ2v) is 4.66. The van der Waals surface area contributed by atoms with Gasteiger partial charge in [0.1, 0.15) is 11.5 Å². The van der Waals surface area contributed by atoms with Crippen molar-refractivity contribution in [3.8, 4) is 0 Å². The van der Waals surface area contributed by atoms with Crippen molar-refractivity contribution in [1.29, 1.82) is 0 Å². The number of nitrogens with zero attached hydrogens (tertiary/aromatic N) is 2. The molecule has 1 aliphatic heterocycles. The zero-order valence-electron chi connectivity index (χ0n) is 9.89. The molecule has 3 heterocycles. The van der Waals surface area contributed by atoms with Gasteiger partial charge in [-0.1, -0.05) is 6.07 Å². The van der Waals surface area contributed by atoms with Crippen LogP contribution in [-0.4, -0.2) is 29.0 Å². The molecule has 1 fully saturated rings. The molecule has 3 rings (SSSR count). The molecule has 0 amide bonds. The van der Waals surface area contributed by atoms with Gasteiger partial charge in [0.05, 0.1) is 0 Å². The van der Waals surface area contributed by atoms with E-state index in [9.17, 15) is 0 Å². The number of nitrogens with one attached hydrogen (secondary N) is 2. The van der Waals surface area contributed by atoms with Crippen LogP contribution in [0.25, 0.3) is 5.65 Å². The third-order valence-corrected chi connectivity index (χ3v) is 3.40. The highest BCUT2D eigenvalue weighted by Gasteiger charge is 2.12. The maximum absolute atomic E-state index is 4.28. The highest BCUT2D eigenvalue weighted by molar-refractivity contribution is 5.49. The molecule has 2 aromatic heterocycles. The Labute approximate surface area is 101 Å². The lowest BCUT2D eigenvalue weighted by molar-refractivity contribution is 0.392. The molecule has 2 N–H and O–H groups in total. The van der Waals surface area contributed by atoms with Gasteiger partial charge in [-0.25, -0.2) is 4.98 Å². The van der Waals surface area contributed by atoms with Gasteiger partial charge in [0.2, 0.25) is 0 Å². The molecule has 4 heteroatoms. The van der Waals surface area contributed by atoms with Crippen molar-refractivity contribution >= 4 is 11.5 Å². The van der Waals surface area contributed by atoms with Gasteiger partial charge >= 0.3 is 0 Å². The van der Waals surface area contributed by atoms with Gasteiger partial charge in [-0.15, -0.1) is 0 Å². The minimum absolute atomic E-state index is 0.738. The van der Waals surface area contributed by atoms with Crippen molar-refractivity contribution in [3.63, 3.8) is 0 Å². The minimum Gasteiger partial charge on any atom is -0.371 e. The molecule has 17 heavy (non-hydrogen) atoms. The van der Waals surface area contributed by atoms with Gasteiger partial charge in [-0.3, -0.25) is 4.40 Å². The third kappa shape index (κ3) is 2.26. The monoisotopic (exact) mass is 230 g/mol. The Bertz CT molecular complexity index is 485. The number of rotatable bonds is 3. The molecule has 0 aliphatic carbocycles. The van der Waals surface area contributed by atoms with Crippen molar-refractivity contribution in [2.75, 3.05) is 25.0 Å². The summed E-state index contributed by atoms with van der Waals surface area (Å²) in [6.45, 7) is 3.34. The van der Waals surface area contributed by atoms with Crippen LogP contribution in [0.4, 0.5) is 5.82 Å². The number of hydrogen-bond acceptors (Lipinski definition) is 3. The summed E-state index contributed by atoms with van der Waals surface area (Å²) in [4.78, 5) is 4.28. The van der Waals surface area contributed by atoms with Crippen LogP contribution in [-0.2, 0) is 0 Å². The smallest absolute Gasteiger partial charge is 0.138 e. The summed E-state index contributed by atoms with van der Waals surface area (Å²) in [5.74, 6) is 1.87. The Morgan fingerprint density at radius 2 is 2.47 bits per heavy atom. The molecule has 2 aromatic rings. The summed E-state index contributed by atoms with van der Waals surface area (Å²) in [5, 5.41) is 6.97. The summed E-state index contributed by atoms with van der Waals surface area (Å²) in [5.41, 5.74) is 0.997. The van der Waals surface area contributed by atoms with Crippen molar-refractivity contribution in [2.45, 2.75) is 12.8 Å². The fraction of sp³-hybridized carbons (Fsp3) is 0.462. The Morgan fingerprint density at radius 1 is 1.47 bits per heavy atom. The Morgan fingerprint density at radius 3 is 3.35 bits per heavy atom. The number of hydrogen-bond donors (Lipinski definition) is 2. The summed E-state index contributed by atoms with van der Waals surface area (Å²) in [6.07, 6.45) is 6.45. The van der Waals surface area contributed by atoms with Crippen LogP contribution in [0.1, 0.15) is 12.8 Å². The van der Waals surface area contributed by atoms with E-state index in [2.05, 4.69) is 26.1 Å². The summed E-state index contributed by atoms with van der Waals surface area (Å²) in [6, 6.07) is 6.17. The predicted octanol–water partition coefficient (Wildman–Crippen LogP) is 1.75. The van der Waals surface area contributed by atoms with Gasteiger partial charge in [0, 0.05) is 18.9 Å². The van der Waals surface area contributed by atoms with E-state index in [0.29, 0.717) is 0 Å². The SMILES string of the molecule is c1cc(NCC2CCCNC2)n2ccnc2c1. The molecule has 4 nitrogen and oxygen atoms in total. The Hall–Kier alpha value is -1.55. The van der Waals surface area contributed by atoms with E-state index in [1.807, 2.05) is 24.5 Å². The first-order chi connectivity index (χ1) is 8.43. The van der Waals surface area contributed by atoms with Crippen molar-refractivity contribution < 1.29 is 0 Å². The minimum atomic E-state index is 0.738. The average Bonchev–Trinajstić information content (AvgIpc) is 2.86. The third-order valence-electron chi connectivity index (χ3n) is 3.40. The zero-order chi connectivity index (χ0) is 11.5. The number of anilines is 1. The lowest BCUT2D eigenvalue weighted by Crippen LogP contribution is -2.33. The average molecular weight is 230 g/mol. The lowest BCUT2D eigenvalue weighted by atomic mass is 10.00. The number of imidazole rings is 1. The van der Waals surface area contributed by atoms with Crippen molar-refractivity contribution in [1.82, 2.24) is 14.7 Å². The number of piperidine rings is 1. The predicted molar refractivity (Wildman–Crippen MR) is 69.3 cm³/mol. The van der Waals surface area contributed by atoms with Crippen LogP contribution in [0.15, 0.2) is 30.6 Å². The molecule has 1 atom stereocenters. The van der Waals surface area contributed by atoms with Crippen LogP contribution in [0.3, 0.4) is 0 Å². The van der Waals surface area contributed by atoms with Crippen molar-refractivity contribution in [3.05, 3.63) is 30.6 Å². The van der Waals surface area contributed by atoms with E-state index in [1.165, 1.54) is 19.4 Å². The molecule has 1 aliphatic rings. The molecule has 90 valence electrons. The molecule has 1 saturated heterocycles. The largest absolute Gasteiger partial charge is 0.371 e. The highest BCUT2D eigenvalue weighted by Crippen LogP contribution is 2.14. The van der Waals surface area contributed by atoms with Crippen LogP contribution >= 0.6 is 0 Å². The van der Waals surface area contributed by atoms with Gasteiger partial charge in [0.25, 0.3) is 0 Å². The lowest BCUT2D eigenvalue weighted by Gasteiger charge is -2.23. The first-order valence-electron chi connectivity index (χ1n) is 6.30. The van der Waals surface area contributed by atoms with Crippen LogP contribution in [0.5, 0.6) is 0 Å². The van der Waals surface area contributed by atoms with Gasteiger partial charge < -0.3 is 10.6 Å². The Balaban J connectivity index is 1.69. The number of aromatic nitrogens is 2. The van der Waals surface area contributed by atoms with E-state index in [-0.39, 0.29) is 0 Å². The summed E-state index contributed by atoms with van der Waals surface area (Å²) < 4.78 is 2.09. The molecular weight excluding hydrogens is 212 g/mol. The topological polar surface area (TPSA) is 41.4 Å². The summed E-state index contributed by atoms with van der Waals surface area (Å²) in [7, 11) is 0. The van der Waals surface area contributed by atoms with E-state index < -0.39 is 0 Å². The summed E-state index contributed by atoms with van der Waals surface area (Å²) >= 11 is 0. The molecular formula is C13H18N4. The standard InChI is InChI=1S/C13H18N4/c1-4-12-15-7-8-17(12)13(5-1)16-10-11-3-2-6-14-9-11/h1,4-5,7-8,11,14,16H,2-3,6,9-10H2. The maximum Gasteiger partial charge on any atom is 0.138 e. The fourth-order valence-corrected chi connectivity index (χ4v) is 2.44. The van der Waals surface area contributed by atoms with Gasteiger partial charge in [-0.05, 0) is 44.0 Å². The Kier molecular flexibility index (Phi) is 2.96. The van der Waals surface area contributed by atoms with Crippen molar-refractivity contribution in [2.24, 2.45) is 5.92 Å². The second kappa shape index (κ2) is 4.75. The first kappa shape index (κ1) is 10.6. The molecule has 0 aromatic carbocycles. The van der Waals surface area contributed by atoms with Gasteiger partial charge in [-0.2, -0.15) is 0 Å². The van der Waals surface area contributed by atoms with Crippen LogP contribution in [0.2, 0.25) is 0 Å². The second-order valence-electron chi connectivity index (χ2n) is 4.66. The molecule has 0 bridgehead atoms. The quantitative estimate of drug-likeness (QED) is 0.844. The van der Waals surface area contributed by atoms with Crippen LogP contribution < -0.4 is 10.6 Å². The first-order valence-corrected chi connectivity index (χ1v) is 6.30. The number of pyridine rings is 1. The zero-order valence-corrected chi connectivity index (χ0v) is 9.89. The normalized spacial score (nSPS) is 20.6.